The van der Waals surface area contributed by atoms with Crippen LogP contribution < -0.4 is 5.32 Å². The van der Waals surface area contributed by atoms with Gasteiger partial charge in [-0.2, -0.15) is 0 Å². The van der Waals surface area contributed by atoms with E-state index in [2.05, 4.69) is 5.32 Å². The maximum atomic E-state index is 13.5. The van der Waals surface area contributed by atoms with Crippen molar-refractivity contribution in [2.24, 2.45) is 5.92 Å². The van der Waals surface area contributed by atoms with Crippen LogP contribution in [0, 0.1) is 18.7 Å². The van der Waals surface area contributed by atoms with Crippen LogP contribution in [0.1, 0.15) is 49.7 Å². The molecule has 1 nitrogen and oxygen atoms in total. The number of rotatable bonds is 6. The van der Waals surface area contributed by atoms with Crippen molar-refractivity contribution in [2.75, 3.05) is 6.54 Å². The normalized spacial score (nSPS) is 16.3. The van der Waals surface area contributed by atoms with Gasteiger partial charge in [0.05, 0.1) is 0 Å². The number of halogens is 1. The molecule has 0 atom stereocenters. The SMILES string of the molecule is Cc1ccc(F)c(CNCCCC2CCCC2)c1. The van der Waals surface area contributed by atoms with Gasteiger partial charge in [-0.1, -0.05) is 43.4 Å². The van der Waals surface area contributed by atoms with Gasteiger partial charge < -0.3 is 5.32 Å². The number of benzene rings is 1. The quantitative estimate of drug-likeness (QED) is 0.745. The first-order chi connectivity index (χ1) is 8.75. The fourth-order valence-corrected chi connectivity index (χ4v) is 2.88. The Bertz CT molecular complexity index is 369. The van der Waals surface area contributed by atoms with Gasteiger partial charge in [-0.05, 0) is 38.3 Å². The van der Waals surface area contributed by atoms with Crippen LogP contribution in [0.2, 0.25) is 0 Å². The van der Waals surface area contributed by atoms with Crippen LogP contribution in [0.25, 0.3) is 0 Å². The van der Waals surface area contributed by atoms with Crippen LogP contribution >= 0.6 is 0 Å². The summed E-state index contributed by atoms with van der Waals surface area (Å²) >= 11 is 0. The topological polar surface area (TPSA) is 12.0 Å². The van der Waals surface area contributed by atoms with Crippen molar-refractivity contribution in [3.63, 3.8) is 0 Å². The maximum absolute atomic E-state index is 13.5. The Balaban J connectivity index is 1.64. The summed E-state index contributed by atoms with van der Waals surface area (Å²) in [6.07, 6.45) is 8.25. The molecule has 100 valence electrons. The Kier molecular flexibility index (Phi) is 5.18. The lowest BCUT2D eigenvalue weighted by Crippen LogP contribution is -2.16. The van der Waals surface area contributed by atoms with E-state index in [1.54, 1.807) is 6.07 Å². The first-order valence-electron chi connectivity index (χ1n) is 7.21. The van der Waals surface area contributed by atoms with E-state index in [0.29, 0.717) is 6.54 Å². The van der Waals surface area contributed by atoms with E-state index in [1.807, 2.05) is 19.1 Å². The molecule has 0 bridgehead atoms. The predicted molar refractivity (Wildman–Crippen MR) is 74.0 cm³/mol. The molecule has 1 aromatic rings. The summed E-state index contributed by atoms with van der Waals surface area (Å²) in [6.45, 7) is 3.66. The van der Waals surface area contributed by atoms with E-state index in [0.717, 1.165) is 23.6 Å². The average molecular weight is 249 g/mol. The summed E-state index contributed by atoms with van der Waals surface area (Å²) in [5.41, 5.74) is 1.91. The lowest BCUT2D eigenvalue weighted by atomic mass is 10.0. The first-order valence-corrected chi connectivity index (χ1v) is 7.21. The fraction of sp³-hybridized carbons (Fsp3) is 0.625. The third-order valence-corrected chi connectivity index (χ3v) is 3.96. The molecule has 18 heavy (non-hydrogen) atoms. The highest BCUT2D eigenvalue weighted by Gasteiger charge is 2.13. The Morgan fingerprint density at radius 1 is 1.28 bits per heavy atom. The van der Waals surface area contributed by atoms with Crippen molar-refractivity contribution >= 4 is 0 Å². The molecular weight excluding hydrogens is 225 g/mol. The monoisotopic (exact) mass is 249 g/mol. The highest BCUT2D eigenvalue weighted by atomic mass is 19.1. The molecule has 0 saturated heterocycles. The summed E-state index contributed by atoms with van der Waals surface area (Å²) in [4.78, 5) is 0. The van der Waals surface area contributed by atoms with Crippen molar-refractivity contribution in [3.05, 3.63) is 35.1 Å². The fourth-order valence-electron chi connectivity index (χ4n) is 2.88. The minimum absolute atomic E-state index is 0.0936. The van der Waals surface area contributed by atoms with Gasteiger partial charge in [0.25, 0.3) is 0 Å². The molecule has 2 rings (SSSR count). The molecule has 1 aliphatic carbocycles. The molecule has 1 N–H and O–H groups in total. The molecule has 0 spiro atoms. The second kappa shape index (κ2) is 6.89. The van der Waals surface area contributed by atoms with Crippen molar-refractivity contribution in [1.82, 2.24) is 5.32 Å². The third-order valence-electron chi connectivity index (χ3n) is 3.96. The van der Waals surface area contributed by atoms with Gasteiger partial charge >= 0.3 is 0 Å². The molecule has 0 radical (unpaired) electrons. The van der Waals surface area contributed by atoms with Gasteiger partial charge in [0.1, 0.15) is 5.82 Å². The van der Waals surface area contributed by atoms with Crippen molar-refractivity contribution < 1.29 is 4.39 Å². The summed E-state index contributed by atoms with van der Waals surface area (Å²) in [7, 11) is 0. The van der Waals surface area contributed by atoms with Gasteiger partial charge in [0, 0.05) is 12.1 Å². The van der Waals surface area contributed by atoms with E-state index in [4.69, 9.17) is 0 Å². The van der Waals surface area contributed by atoms with Crippen molar-refractivity contribution in [3.8, 4) is 0 Å². The van der Waals surface area contributed by atoms with E-state index < -0.39 is 0 Å². The van der Waals surface area contributed by atoms with Gasteiger partial charge in [-0.15, -0.1) is 0 Å². The van der Waals surface area contributed by atoms with E-state index in [1.165, 1.54) is 38.5 Å². The average Bonchev–Trinajstić information content (AvgIpc) is 2.86. The molecule has 0 unspecified atom stereocenters. The number of nitrogens with one attached hydrogen (secondary N) is 1. The van der Waals surface area contributed by atoms with Crippen LogP contribution in [-0.4, -0.2) is 6.54 Å². The zero-order chi connectivity index (χ0) is 12.8. The second-order valence-electron chi connectivity index (χ2n) is 5.56. The Labute approximate surface area is 110 Å². The number of aryl methyl sites for hydroxylation is 1. The summed E-state index contributed by atoms with van der Waals surface area (Å²) in [5.74, 6) is 0.867. The smallest absolute Gasteiger partial charge is 0.127 e. The zero-order valence-corrected chi connectivity index (χ0v) is 11.3. The molecule has 2 heteroatoms. The lowest BCUT2D eigenvalue weighted by Gasteiger charge is -2.10. The van der Waals surface area contributed by atoms with Crippen LogP contribution in [-0.2, 0) is 6.54 Å². The van der Waals surface area contributed by atoms with E-state index >= 15 is 0 Å². The highest BCUT2D eigenvalue weighted by molar-refractivity contribution is 5.23. The van der Waals surface area contributed by atoms with E-state index in [-0.39, 0.29) is 5.82 Å². The molecule has 0 aromatic heterocycles. The zero-order valence-electron chi connectivity index (χ0n) is 11.3. The highest BCUT2D eigenvalue weighted by Crippen LogP contribution is 2.28. The Morgan fingerprint density at radius 2 is 2.06 bits per heavy atom. The van der Waals surface area contributed by atoms with Crippen LogP contribution in [0.4, 0.5) is 4.39 Å². The summed E-state index contributed by atoms with van der Waals surface area (Å²) in [6, 6.07) is 5.31. The molecule has 0 heterocycles. The largest absolute Gasteiger partial charge is 0.313 e. The molecule has 1 aliphatic rings. The van der Waals surface area contributed by atoms with Gasteiger partial charge in [0.15, 0.2) is 0 Å². The minimum Gasteiger partial charge on any atom is -0.313 e. The number of hydrogen-bond acceptors (Lipinski definition) is 1. The van der Waals surface area contributed by atoms with Gasteiger partial charge in [-0.3, -0.25) is 0 Å². The van der Waals surface area contributed by atoms with E-state index in [9.17, 15) is 4.39 Å². The molecule has 1 aromatic carbocycles. The first kappa shape index (κ1) is 13.5. The Morgan fingerprint density at radius 3 is 2.83 bits per heavy atom. The minimum atomic E-state index is -0.0936. The van der Waals surface area contributed by atoms with Gasteiger partial charge in [0.2, 0.25) is 0 Å². The lowest BCUT2D eigenvalue weighted by molar-refractivity contribution is 0.468. The standard InChI is InChI=1S/C16H24FN/c1-13-8-9-16(17)15(11-13)12-18-10-4-7-14-5-2-3-6-14/h8-9,11,14,18H,2-7,10,12H2,1H3. The van der Waals surface area contributed by atoms with Crippen LogP contribution in [0.5, 0.6) is 0 Å². The molecule has 0 aliphatic heterocycles. The molecule has 0 amide bonds. The molecular formula is C16H24FN. The Hall–Kier alpha value is -0.890. The second-order valence-corrected chi connectivity index (χ2v) is 5.56. The summed E-state index contributed by atoms with van der Waals surface area (Å²) < 4.78 is 13.5. The number of hydrogen-bond donors (Lipinski definition) is 1. The summed E-state index contributed by atoms with van der Waals surface area (Å²) in [5, 5.41) is 3.35. The van der Waals surface area contributed by atoms with Gasteiger partial charge in [-0.25, -0.2) is 4.39 Å². The van der Waals surface area contributed by atoms with Crippen LogP contribution in [0.3, 0.4) is 0 Å². The van der Waals surface area contributed by atoms with Crippen LogP contribution in [0.15, 0.2) is 18.2 Å². The molecule has 1 saturated carbocycles. The molecule has 1 fully saturated rings. The van der Waals surface area contributed by atoms with Crippen molar-refractivity contribution in [2.45, 2.75) is 52.0 Å². The van der Waals surface area contributed by atoms with Crippen molar-refractivity contribution in [1.29, 1.82) is 0 Å². The predicted octanol–water partition coefficient (Wildman–Crippen LogP) is 4.19. The third kappa shape index (κ3) is 4.09. The maximum Gasteiger partial charge on any atom is 0.127 e.